The van der Waals surface area contributed by atoms with Crippen molar-refractivity contribution in [2.24, 2.45) is 7.05 Å². The molecule has 0 radical (unpaired) electrons. The summed E-state index contributed by atoms with van der Waals surface area (Å²) in [6, 6.07) is 0. The first-order chi connectivity index (χ1) is 8.41. The zero-order chi connectivity index (χ0) is 13.4. The third kappa shape index (κ3) is 1.90. The Hall–Kier alpha value is -2.11. The molecule has 0 spiro atoms. The van der Waals surface area contributed by atoms with Crippen molar-refractivity contribution in [1.29, 1.82) is 0 Å². The average Bonchev–Trinajstić information content (AvgIpc) is 2.76. The van der Waals surface area contributed by atoms with Gasteiger partial charge in [0.15, 0.2) is 5.69 Å². The number of hydrogen-bond acceptors (Lipinski definition) is 4. The molecule has 0 aliphatic carbocycles. The molecule has 6 nitrogen and oxygen atoms in total. The van der Waals surface area contributed by atoms with E-state index in [-0.39, 0.29) is 5.69 Å². The molecule has 2 rings (SSSR count). The minimum atomic E-state index is -1.07. The largest absolute Gasteiger partial charge is 0.476 e. The molecule has 0 saturated heterocycles. The Bertz CT molecular complexity index is 610. The molecule has 2 aromatic rings. The number of carbonyl (C=O) groups is 1. The predicted octanol–water partition coefficient (Wildman–Crippen LogP) is 1.62. The number of carboxylic acids is 1. The van der Waals surface area contributed by atoms with Gasteiger partial charge in [-0.3, -0.25) is 4.68 Å². The molecule has 0 unspecified atom stereocenters. The molecule has 0 aromatic carbocycles. The van der Waals surface area contributed by atoms with Gasteiger partial charge in [0, 0.05) is 30.3 Å². The van der Waals surface area contributed by atoms with E-state index in [2.05, 4.69) is 10.3 Å². The Balaban J connectivity index is 2.46. The lowest BCUT2D eigenvalue weighted by atomic mass is 10.0. The van der Waals surface area contributed by atoms with E-state index in [0.29, 0.717) is 17.7 Å². The van der Waals surface area contributed by atoms with Gasteiger partial charge in [0.2, 0.25) is 0 Å². The van der Waals surface area contributed by atoms with Crippen molar-refractivity contribution < 1.29 is 14.4 Å². The second-order valence-corrected chi connectivity index (χ2v) is 4.32. The fourth-order valence-electron chi connectivity index (χ4n) is 2.02. The van der Waals surface area contributed by atoms with E-state index in [1.54, 1.807) is 11.6 Å². The van der Waals surface area contributed by atoms with Gasteiger partial charge in [0.1, 0.15) is 5.76 Å². The molecule has 1 N–H and O–H groups in total. The highest BCUT2D eigenvalue weighted by molar-refractivity contribution is 5.87. The van der Waals surface area contributed by atoms with Gasteiger partial charge in [-0.1, -0.05) is 5.16 Å². The maximum absolute atomic E-state index is 11.1. The van der Waals surface area contributed by atoms with Crippen LogP contribution in [0.2, 0.25) is 0 Å². The van der Waals surface area contributed by atoms with Crippen molar-refractivity contribution in [2.75, 3.05) is 0 Å². The van der Waals surface area contributed by atoms with Crippen molar-refractivity contribution in [3.63, 3.8) is 0 Å². The summed E-state index contributed by atoms with van der Waals surface area (Å²) < 4.78 is 6.74. The standard InChI is InChI=1S/C12H15N3O3/c1-6-9(7(2)15(4)13-6)5-10-8(3)18-14-11(10)12(16)17/h5H2,1-4H3,(H,16,17). The van der Waals surface area contributed by atoms with Crippen LogP contribution < -0.4 is 0 Å². The normalized spacial score (nSPS) is 10.9. The summed E-state index contributed by atoms with van der Waals surface area (Å²) in [6.45, 7) is 5.58. The number of nitrogens with zero attached hydrogens (tertiary/aromatic N) is 3. The van der Waals surface area contributed by atoms with Crippen LogP contribution in [-0.2, 0) is 13.5 Å². The summed E-state index contributed by atoms with van der Waals surface area (Å²) in [5.41, 5.74) is 3.53. The molecule has 0 amide bonds. The number of aromatic carboxylic acids is 1. The second kappa shape index (κ2) is 4.29. The lowest BCUT2D eigenvalue weighted by Gasteiger charge is -2.01. The maximum atomic E-state index is 11.1. The van der Waals surface area contributed by atoms with Gasteiger partial charge >= 0.3 is 5.97 Å². The maximum Gasteiger partial charge on any atom is 0.358 e. The molecule has 0 bridgehead atoms. The van der Waals surface area contributed by atoms with E-state index < -0.39 is 5.97 Å². The monoisotopic (exact) mass is 249 g/mol. The minimum Gasteiger partial charge on any atom is -0.476 e. The highest BCUT2D eigenvalue weighted by Gasteiger charge is 2.21. The molecule has 0 aliphatic rings. The van der Waals surface area contributed by atoms with Crippen LogP contribution in [0.4, 0.5) is 0 Å². The lowest BCUT2D eigenvalue weighted by molar-refractivity contribution is 0.0685. The quantitative estimate of drug-likeness (QED) is 0.893. The fourth-order valence-corrected chi connectivity index (χ4v) is 2.02. The van der Waals surface area contributed by atoms with Crippen molar-refractivity contribution >= 4 is 5.97 Å². The smallest absolute Gasteiger partial charge is 0.358 e. The Morgan fingerprint density at radius 2 is 2.00 bits per heavy atom. The Morgan fingerprint density at radius 1 is 1.33 bits per heavy atom. The van der Waals surface area contributed by atoms with E-state index in [9.17, 15) is 4.79 Å². The topological polar surface area (TPSA) is 81.2 Å². The van der Waals surface area contributed by atoms with Gasteiger partial charge in [-0.05, 0) is 20.8 Å². The van der Waals surface area contributed by atoms with Gasteiger partial charge < -0.3 is 9.63 Å². The van der Waals surface area contributed by atoms with E-state index in [1.807, 2.05) is 20.9 Å². The second-order valence-electron chi connectivity index (χ2n) is 4.32. The Morgan fingerprint density at radius 3 is 2.50 bits per heavy atom. The van der Waals surface area contributed by atoms with Gasteiger partial charge in [-0.2, -0.15) is 5.10 Å². The molecule has 96 valence electrons. The zero-order valence-corrected chi connectivity index (χ0v) is 10.8. The molecule has 0 atom stereocenters. The third-order valence-corrected chi connectivity index (χ3v) is 3.20. The van der Waals surface area contributed by atoms with Crippen molar-refractivity contribution in [1.82, 2.24) is 14.9 Å². The summed E-state index contributed by atoms with van der Waals surface area (Å²) >= 11 is 0. The highest BCUT2D eigenvalue weighted by Crippen LogP contribution is 2.22. The molecule has 0 fully saturated rings. The number of aromatic nitrogens is 3. The molecule has 18 heavy (non-hydrogen) atoms. The van der Waals surface area contributed by atoms with Crippen LogP contribution in [0.3, 0.4) is 0 Å². The summed E-state index contributed by atoms with van der Waals surface area (Å²) in [4.78, 5) is 11.1. The Labute approximate surface area is 104 Å². The number of hydrogen-bond donors (Lipinski definition) is 1. The number of rotatable bonds is 3. The summed E-state index contributed by atoms with van der Waals surface area (Å²) in [7, 11) is 1.87. The first-order valence-corrected chi connectivity index (χ1v) is 5.59. The van der Waals surface area contributed by atoms with Gasteiger partial charge in [-0.15, -0.1) is 0 Å². The number of aryl methyl sites for hydroxylation is 3. The molecule has 2 aromatic heterocycles. The average molecular weight is 249 g/mol. The van der Waals surface area contributed by atoms with Gasteiger partial charge in [0.05, 0.1) is 5.69 Å². The van der Waals surface area contributed by atoms with Gasteiger partial charge in [-0.25, -0.2) is 4.79 Å². The molecular weight excluding hydrogens is 234 g/mol. The van der Waals surface area contributed by atoms with Crippen molar-refractivity contribution in [2.45, 2.75) is 27.2 Å². The van der Waals surface area contributed by atoms with E-state index >= 15 is 0 Å². The van der Waals surface area contributed by atoms with Crippen LogP contribution in [0.25, 0.3) is 0 Å². The van der Waals surface area contributed by atoms with Crippen LogP contribution >= 0.6 is 0 Å². The van der Waals surface area contributed by atoms with Crippen LogP contribution in [0.1, 0.15) is 38.8 Å². The lowest BCUT2D eigenvalue weighted by Crippen LogP contribution is -2.04. The molecule has 6 heteroatoms. The summed E-state index contributed by atoms with van der Waals surface area (Å²) in [6.07, 6.45) is 0.475. The Kier molecular flexibility index (Phi) is 2.94. The van der Waals surface area contributed by atoms with Crippen LogP contribution in [0.15, 0.2) is 4.52 Å². The van der Waals surface area contributed by atoms with Gasteiger partial charge in [0.25, 0.3) is 0 Å². The fraction of sp³-hybridized carbons (Fsp3) is 0.417. The molecule has 2 heterocycles. The molecule has 0 saturated carbocycles. The van der Waals surface area contributed by atoms with Crippen molar-refractivity contribution in [3.05, 3.63) is 34.0 Å². The van der Waals surface area contributed by atoms with Crippen LogP contribution in [0, 0.1) is 20.8 Å². The third-order valence-electron chi connectivity index (χ3n) is 3.20. The molecular formula is C12H15N3O3. The van der Waals surface area contributed by atoms with E-state index in [1.165, 1.54) is 0 Å². The van der Waals surface area contributed by atoms with Crippen molar-refractivity contribution in [3.8, 4) is 0 Å². The first kappa shape index (κ1) is 12.3. The zero-order valence-electron chi connectivity index (χ0n) is 10.8. The SMILES string of the molecule is Cc1nn(C)c(C)c1Cc1c(C(=O)O)noc1C. The highest BCUT2D eigenvalue weighted by atomic mass is 16.5. The van der Waals surface area contributed by atoms with E-state index in [0.717, 1.165) is 17.0 Å². The first-order valence-electron chi connectivity index (χ1n) is 5.59. The summed E-state index contributed by atoms with van der Waals surface area (Å²) in [5.74, 6) is -0.531. The minimum absolute atomic E-state index is 0.0184. The van der Waals surface area contributed by atoms with Crippen LogP contribution in [0.5, 0.6) is 0 Å². The predicted molar refractivity (Wildman–Crippen MR) is 63.7 cm³/mol. The van der Waals surface area contributed by atoms with E-state index in [4.69, 9.17) is 9.63 Å². The summed E-state index contributed by atoms with van der Waals surface area (Å²) in [5, 5.41) is 16.9. The number of carboxylic acid groups (broad SMARTS) is 1. The molecule has 0 aliphatic heterocycles. The van der Waals surface area contributed by atoms with Crippen LogP contribution in [-0.4, -0.2) is 26.0 Å².